The maximum absolute atomic E-state index is 12.2. The summed E-state index contributed by atoms with van der Waals surface area (Å²) in [6, 6.07) is 9.38. The SMILES string of the molecule is Cc1ccc(N)cc1C(=O)NC(C)c1cccs1. The molecule has 1 heterocycles. The third kappa shape index (κ3) is 2.71. The number of amides is 1. The van der Waals surface area contributed by atoms with E-state index >= 15 is 0 Å². The van der Waals surface area contributed by atoms with Crippen molar-refractivity contribution < 1.29 is 4.79 Å². The van der Waals surface area contributed by atoms with Crippen molar-refractivity contribution in [2.24, 2.45) is 0 Å². The number of anilines is 1. The molecule has 1 unspecified atom stereocenters. The van der Waals surface area contributed by atoms with Gasteiger partial charge in [-0.1, -0.05) is 12.1 Å². The van der Waals surface area contributed by atoms with Gasteiger partial charge >= 0.3 is 0 Å². The first-order chi connectivity index (χ1) is 8.58. The second kappa shape index (κ2) is 5.23. The first-order valence-electron chi connectivity index (χ1n) is 5.78. The van der Waals surface area contributed by atoms with E-state index in [-0.39, 0.29) is 11.9 Å². The zero-order valence-corrected chi connectivity index (χ0v) is 11.3. The quantitative estimate of drug-likeness (QED) is 0.833. The van der Waals surface area contributed by atoms with Crippen molar-refractivity contribution >= 4 is 22.9 Å². The van der Waals surface area contributed by atoms with E-state index in [0.717, 1.165) is 10.4 Å². The lowest BCUT2D eigenvalue weighted by Crippen LogP contribution is -2.26. The Labute approximate surface area is 111 Å². The molecule has 1 aromatic carbocycles. The lowest BCUT2D eigenvalue weighted by Gasteiger charge is -2.13. The molecule has 1 amide bonds. The van der Waals surface area contributed by atoms with Crippen molar-refractivity contribution in [3.63, 3.8) is 0 Å². The molecule has 0 fully saturated rings. The lowest BCUT2D eigenvalue weighted by molar-refractivity contribution is 0.0940. The number of nitrogens with one attached hydrogen (secondary N) is 1. The summed E-state index contributed by atoms with van der Waals surface area (Å²) in [7, 11) is 0. The van der Waals surface area contributed by atoms with E-state index in [2.05, 4.69) is 5.32 Å². The Kier molecular flexibility index (Phi) is 3.67. The molecule has 1 atom stereocenters. The van der Waals surface area contributed by atoms with Gasteiger partial charge in [0.15, 0.2) is 0 Å². The largest absolute Gasteiger partial charge is 0.399 e. The van der Waals surface area contributed by atoms with Crippen LogP contribution in [0.4, 0.5) is 5.69 Å². The minimum Gasteiger partial charge on any atom is -0.399 e. The highest BCUT2D eigenvalue weighted by Gasteiger charge is 2.14. The van der Waals surface area contributed by atoms with Gasteiger partial charge in [0.05, 0.1) is 6.04 Å². The van der Waals surface area contributed by atoms with Crippen LogP contribution < -0.4 is 11.1 Å². The number of hydrogen-bond acceptors (Lipinski definition) is 3. The molecular formula is C14H16N2OS. The van der Waals surface area contributed by atoms with Crippen molar-refractivity contribution in [2.75, 3.05) is 5.73 Å². The van der Waals surface area contributed by atoms with Crippen LogP contribution in [0.2, 0.25) is 0 Å². The fraction of sp³-hybridized carbons (Fsp3) is 0.214. The predicted molar refractivity (Wildman–Crippen MR) is 75.8 cm³/mol. The van der Waals surface area contributed by atoms with Crippen molar-refractivity contribution in [1.29, 1.82) is 0 Å². The van der Waals surface area contributed by atoms with Gasteiger partial charge in [-0.05, 0) is 43.0 Å². The number of carbonyl (C=O) groups excluding carboxylic acids is 1. The molecule has 3 nitrogen and oxygen atoms in total. The number of carbonyl (C=O) groups is 1. The van der Waals surface area contributed by atoms with Crippen LogP contribution in [0.25, 0.3) is 0 Å². The summed E-state index contributed by atoms with van der Waals surface area (Å²) in [5.41, 5.74) is 7.89. The van der Waals surface area contributed by atoms with E-state index in [0.29, 0.717) is 11.3 Å². The molecule has 2 rings (SSSR count). The molecule has 0 saturated carbocycles. The fourth-order valence-electron chi connectivity index (χ4n) is 1.77. The third-order valence-electron chi connectivity index (χ3n) is 2.82. The summed E-state index contributed by atoms with van der Waals surface area (Å²) in [6.07, 6.45) is 0. The molecule has 3 N–H and O–H groups in total. The fourth-order valence-corrected chi connectivity index (χ4v) is 2.50. The second-order valence-corrected chi connectivity index (χ2v) is 5.26. The van der Waals surface area contributed by atoms with Gasteiger partial charge in [-0.2, -0.15) is 0 Å². The number of benzene rings is 1. The number of nitrogens with two attached hydrogens (primary N) is 1. The molecule has 0 bridgehead atoms. The minimum atomic E-state index is -0.0827. The topological polar surface area (TPSA) is 55.1 Å². The van der Waals surface area contributed by atoms with Crippen LogP contribution in [-0.4, -0.2) is 5.91 Å². The van der Waals surface area contributed by atoms with Gasteiger partial charge in [0.1, 0.15) is 0 Å². The van der Waals surface area contributed by atoms with Gasteiger partial charge in [-0.3, -0.25) is 4.79 Å². The highest BCUT2D eigenvalue weighted by atomic mass is 32.1. The second-order valence-electron chi connectivity index (χ2n) is 4.28. The Morgan fingerprint density at radius 3 is 2.83 bits per heavy atom. The molecule has 0 aliphatic heterocycles. The first-order valence-corrected chi connectivity index (χ1v) is 6.66. The van der Waals surface area contributed by atoms with Gasteiger partial charge < -0.3 is 11.1 Å². The van der Waals surface area contributed by atoms with E-state index in [1.807, 2.05) is 37.4 Å². The van der Waals surface area contributed by atoms with E-state index in [1.165, 1.54) is 0 Å². The number of aryl methyl sites for hydroxylation is 1. The normalized spacial score (nSPS) is 12.1. The molecule has 0 spiro atoms. The standard InChI is InChI=1S/C14H16N2OS/c1-9-5-6-11(15)8-12(9)14(17)16-10(2)13-4-3-7-18-13/h3-8,10H,15H2,1-2H3,(H,16,17). The number of thiophene rings is 1. The van der Waals surface area contributed by atoms with Gasteiger partial charge in [-0.15, -0.1) is 11.3 Å². The van der Waals surface area contributed by atoms with E-state index in [4.69, 9.17) is 5.73 Å². The Morgan fingerprint density at radius 1 is 1.39 bits per heavy atom. The number of hydrogen-bond donors (Lipinski definition) is 2. The van der Waals surface area contributed by atoms with Crippen LogP contribution in [0.5, 0.6) is 0 Å². The zero-order valence-electron chi connectivity index (χ0n) is 10.4. The Balaban J connectivity index is 2.15. The molecule has 0 saturated heterocycles. The highest BCUT2D eigenvalue weighted by molar-refractivity contribution is 7.10. The molecule has 1 aromatic heterocycles. The molecule has 0 radical (unpaired) electrons. The van der Waals surface area contributed by atoms with Crippen molar-refractivity contribution in [3.8, 4) is 0 Å². The molecule has 0 aliphatic carbocycles. The Morgan fingerprint density at radius 2 is 2.17 bits per heavy atom. The lowest BCUT2D eigenvalue weighted by atomic mass is 10.1. The van der Waals surface area contributed by atoms with E-state index in [1.54, 1.807) is 23.5 Å². The van der Waals surface area contributed by atoms with Crippen molar-refractivity contribution in [2.45, 2.75) is 19.9 Å². The van der Waals surface area contributed by atoms with Crippen LogP contribution in [0, 0.1) is 6.92 Å². The van der Waals surface area contributed by atoms with Crippen LogP contribution in [0.1, 0.15) is 33.8 Å². The van der Waals surface area contributed by atoms with E-state index < -0.39 is 0 Å². The van der Waals surface area contributed by atoms with Crippen LogP contribution in [0.3, 0.4) is 0 Å². The average molecular weight is 260 g/mol. The summed E-state index contributed by atoms with van der Waals surface area (Å²) >= 11 is 1.64. The number of nitrogen functional groups attached to an aromatic ring is 1. The van der Waals surface area contributed by atoms with Crippen LogP contribution in [0.15, 0.2) is 35.7 Å². The van der Waals surface area contributed by atoms with E-state index in [9.17, 15) is 4.79 Å². The Hall–Kier alpha value is -1.81. The zero-order chi connectivity index (χ0) is 13.1. The molecule has 94 valence electrons. The number of rotatable bonds is 3. The first kappa shape index (κ1) is 12.6. The Bertz CT molecular complexity index is 549. The summed E-state index contributed by atoms with van der Waals surface area (Å²) in [4.78, 5) is 13.3. The highest BCUT2D eigenvalue weighted by Crippen LogP contribution is 2.19. The van der Waals surface area contributed by atoms with Crippen LogP contribution in [-0.2, 0) is 0 Å². The van der Waals surface area contributed by atoms with Crippen LogP contribution >= 0.6 is 11.3 Å². The summed E-state index contributed by atoms with van der Waals surface area (Å²) in [5.74, 6) is -0.0827. The average Bonchev–Trinajstić information content (AvgIpc) is 2.85. The third-order valence-corrected chi connectivity index (χ3v) is 3.88. The molecule has 4 heteroatoms. The maximum atomic E-state index is 12.2. The molecule has 0 aliphatic rings. The summed E-state index contributed by atoms with van der Waals surface area (Å²) in [6.45, 7) is 3.88. The molecule has 2 aromatic rings. The molecular weight excluding hydrogens is 244 g/mol. The van der Waals surface area contributed by atoms with Crippen molar-refractivity contribution in [1.82, 2.24) is 5.32 Å². The van der Waals surface area contributed by atoms with Gasteiger partial charge in [-0.25, -0.2) is 0 Å². The maximum Gasteiger partial charge on any atom is 0.252 e. The minimum absolute atomic E-state index is 0.0123. The smallest absolute Gasteiger partial charge is 0.252 e. The van der Waals surface area contributed by atoms with Gasteiger partial charge in [0.2, 0.25) is 0 Å². The van der Waals surface area contributed by atoms with Gasteiger partial charge in [0, 0.05) is 16.1 Å². The predicted octanol–water partition coefficient (Wildman–Crippen LogP) is 3.13. The molecule has 18 heavy (non-hydrogen) atoms. The summed E-state index contributed by atoms with van der Waals surface area (Å²) in [5, 5.41) is 4.99. The van der Waals surface area contributed by atoms with Crippen molar-refractivity contribution in [3.05, 3.63) is 51.7 Å². The monoisotopic (exact) mass is 260 g/mol. The summed E-state index contributed by atoms with van der Waals surface area (Å²) < 4.78 is 0. The van der Waals surface area contributed by atoms with Gasteiger partial charge in [0.25, 0.3) is 5.91 Å².